The van der Waals surface area contributed by atoms with Gasteiger partial charge in [0.25, 0.3) is 0 Å². The van der Waals surface area contributed by atoms with Gasteiger partial charge in [0.05, 0.1) is 18.5 Å². The van der Waals surface area contributed by atoms with Crippen LogP contribution in [0.25, 0.3) is 11.4 Å². The summed E-state index contributed by atoms with van der Waals surface area (Å²) < 4.78 is 31.1. The molecule has 0 spiro atoms. The lowest BCUT2D eigenvalue weighted by Crippen LogP contribution is -2.48. The number of aromatic nitrogens is 2. The number of anilines is 1. The molecule has 2 aromatic carbocycles. The Bertz CT molecular complexity index is 1130. The van der Waals surface area contributed by atoms with E-state index in [1.165, 1.54) is 17.9 Å². The van der Waals surface area contributed by atoms with Gasteiger partial charge in [0.2, 0.25) is 27.6 Å². The molecule has 1 atom stereocenters. The number of rotatable bonds is 7. The van der Waals surface area contributed by atoms with Gasteiger partial charge in [-0.1, -0.05) is 53.2 Å². The molecule has 158 valence electrons. The van der Waals surface area contributed by atoms with Crippen LogP contribution in [0.2, 0.25) is 5.02 Å². The van der Waals surface area contributed by atoms with Gasteiger partial charge in [-0.3, -0.25) is 9.10 Å². The van der Waals surface area contributed by atoms with Crippen molar-refractivity contribution in [1.29, 1.82) is 0 Å². The average Bonchev–Trinajstić information content (AvgIpc) is 3.15. The van der Waals surface area contributed by atoms with Crippen molar-refractivity contribution >= 4 is 33.2 Å². The maximum absolute atomic E-state index is 13.0. The molecule has 1 aromatic heterocycles. The molecule has 10 heteroatoms. The molecule has 0 aliphatic heterocycles. The fraction of sp³-hybridized carbons (Fsp3) is 0.250. The largest absolute Gasteiger partial charge is 0.337 e. The Morgan fingerprint density at radius 1 is 1.17 bits per heavy atom. The van der Waals surface area contributed by atoms with E-state index >= 15 is 0 Å². The van der Waals surface area contributed by atoms with Crippen molar-refractivity contribution in [2.24, 2.45) is 0 Å². The molecule has 8 nitrogen and oxygen atoms in total. The van der Waals surface area contributed by atoms with Crippen molar-refractivity contribution in [2.45, 2.75) is 19.5 Å². The lowest BCUT2D eigenvalue weighted by atomic mass is 10.2. The highest BCUT2D eigenvalue weighted by molar-refractivity contribution is 7.92. The van der Waals surface area contributed by atoms with Crippen molar-refractivity contribution in [3.05, 3.63) is 65.5 Å². The van der Waals surface area contributed by atoms with Crippen LogP contribution in [-0.4, -0.2) is 48.7 Å². The zero-order valence-electron chi connectivity index (χ0n) is 16.7. The standard InChI is InChI=1S/C20H21ClN4O4S/c1-14(25(30(3,27)28)17-11-7-10-16(21)12-17)20(26)24(2)13-18-22-19(23-29-18)15-8-5-4-6-9-15/h4-12,14H,13H2,1-3H3/t14-/m0/s1. The van der Waals surface area contributed by atoms with Crippen LogP contribution in [0.1, 0.15) is 12.8 Å². The van der Waals surface area contributed by atoms with E-state index in [0.717, 1.165) is 16.1 Å². The molecule has 30 heavy (non-hydrogen) atoms. The summed E-state index contributed by atoms with van der Waals surface area (Å²) in [6.45, 7) is 1.56. The molecular formula is C20H21ClN4O4S. The number of hydrogen-bond acceptors (Lipinski definition) is 6. The minimum absolute atomic E-state index is 0.0379. The van der Waals surface area contributed by atoms with Gasteiger partial charge in [-0.25, -0.2) is 8.42 Å². The molecule has 0 bridgehead atoms. The lowest BCUT2D eigenvalue weighted by Gasteiger charge is -2.30. The number of halogens is 1. The normalized spacial score (nSPS) is 12.4. The van der Waals surface area contributed by atoms with Gasteiger partial charge in [0.15, 0.2) is 0 Å². The molecule has 3 aromatic rings. The SMILES string of the molecule is C[C@@H](C(=O)N(C)Cc1nc(-c2ccccc2)no1)N(c1cccc(Cl)c1)S(C)(=O)=O. The summed E-state index contributed by atoms with van der Waals surface area (Å²) in [4.78, 5) is 18.6. The van der Waals surface area contributed by atoms with Gasteiger partial charge in [-0.05, 0) is 25.1 Å². The summed E-state index contributed by atoms with van der Waals surface area (Å²) in [6.07, 6.45) is 1.04. The van der Waals surface area contributed by atoms with E-state index in [-0.39, 0.29) is 12.4 Å². The van der Waals surface area contributed by atoms with Crippen LogP contribution in [0.4, 0.5) is 5.69 Å². The third-order valence-corrected chi connectivity index (χ3v) is 5.85. The van der Waals surface area contributed by atoms with Crippen LogP contribution in [0.3, 0.4) is 0 Å². The Kier molecular flexibility index (Phi) is 6.42. The molecule has 0 saturated carbocycles. The predicted molar refractivity (Wildman–Crippen MR) is 114 cm³/mol. The van der Waals surface area contributed by atoms with Crippen molar-refractivity contribution in [1.82, 2.24) is 15.0 Å². The van der Waals surface area contributed by atoms with Gasteiger partial charge in [0, 0.05) is 17.6 Å². The maximum atomic E-state index is 13.0. The second-order valence-electron chi connectivity index (χ2n) is 6.79. The minimum Gasteiger partial charge on any atom is -0.337 e. The summed E-state index contributed by atoms with van der Waals surface area (Å²) in [6, 6.07) is 14.6. The Balaban J connectivity index is 1.78. The first kappa shape index (κ1) is 21.8. The first-order valence-electron chi connectivity index (χ1n) is 9.05. The Labute approximate surface area is 180 Å². The van der Waals surface area contributed by atoms with E-state index in [9.17, 15) is 13.2 Å². The zero-order chi connectivity index (χ0) is 21.9. The van der Waals surface area contributed by atoms with Crippen LogP contribution in [-0.2, 0) is 21.4 Å². The van der Waals surface area contributed by atoms with Gasteiger partial charge in [-0.2, -0.15) is 4.98 Å². The molecule has 1 amide bonds. The molecule has 0 N–H and O–H groups in total. The molecular weight excluding hydrogens is 428 g/mol. The Morgan fingerprint density at radius 2 is 1.87 bits per heavy atom. The Morgan fingerprint density at radius 3 is 2.50 bits per heavy atom. The highest BCUT2D eigenvalue weighted by Gasteiger charge is 2.31. The highest BCUT2D eigenvalue weighted by atomic mass is 35.5. The maximum Gasteiger partial charge on any atom is 0.246 e. The van der Waals surface area contributed by atoms with Crippen LogP contribution >= 0.6 is 11.6 Å². The van der Waals surface area contributed by atoms with Gasteiger partial charge >= 0.3 is 0 Å². The molecule has 0 radical (unpaired) electrons. The minimum atomic E-state index is -3.74. The summed E-state index contributed by atoms with van der Waals surface area (Å²) in [7, 11) is -2.20. The number of hydrogen-bond donors (Lipinski definition) is 0. The van der Waals surface area contributed by atoms with Crippen LogP contribution in [0, 0.1) is 0 Å². The van der Waals surface area contributed by atoms with E-state index in [1.54, 1.807) is 25.2 Å². The van der Waals surface area contributed by atoms with E-state index in [2.05, 4.69) is 10.1 Å². The number of sulfonamides is 1. The van der Waals surface area contributed by atoms with Gasteiger partial charge in [0.1, 0.15) is 6.04 Å². The summed E-state index contributed by atoms with van der Waals surface area (Å²) in [5, 5.41) is 4.30. The first-order valence-corrected chi connectivity index (χ1v) is 11.3. The fourth-order valence-electron chi connectivity index (χ4n) is 3.04. The van der Waals surface area contributed by atoms with Crippen LogP contribution in [0.15, 0.2) is 59.1 Å². The topological polar surface area (TPSA) is 96.6 Å². The highest BCUT2D eigenvalue weighted by Crippen LogP contribution is 2.25. The second-order valence-corrected chi connectivity index (χ2v) is 9.08. The smallest absolute Gasteiger partial charge is 0.246 e. The third kappa shape index (κ3) is 4.98. The fourth-order valence-corrected chi connectivity index (χ4v) is 4.38. The van der Waals surface area contributed by atoms with Crippen molar-refractivity contribution in [2.75, 3.05) is 17.6 Å². The average molecular weight is 449 g/mol. The van der Waals surface area contributed by atoms with Crippen molar-refractivity contribution < 1.29 is 17.7 Å². The van der Waals surface area contributed by atoms with Crippen molar-refractivity contribution in [3.63, 3.8) is 0 Å². The molecule has 0 aliphatic rings. The van der Waals surface area contributed by atoms with Crippen LogP contribution in [0.5, 0.6) is 0 Å². The third-order valence-electron chi connectivity index (χ3n) is 4.38. The van der Waals surface area contributed by atoms with E-state index in [4.69, 9.17) is 16.1 Å². The monoisotopic (exact) mass is 448 g/mol. The van der Waals surface area contributed by atoms with E-state index in [0.29, 0.717) is 16.5 Å². The lowest BCUT2D eigenvalue weighted by molar-refractivity contribution is -0.131. The number of carbonyl (C=O) groups excluding carboxylic acids is 1. The quantitative estimate of drug-likeness (QED) is 0.550. The summed E-state index contributed by atoms with van der Waals surface area (Å²) >= 11 is 6.00. The molecule has 0 fully saturated rings. The molecule has 0 saturated heterocycles. The molecule has 0 unspecified atom stereocenters. The van der Waals surface area contributed by atoms with E-state index < -0.39 is 22.0 Å². The van der Waals surface area contributed by atoms with Crippen LogP contribution < -0.4 is 4.31 Å². The number of amides is 1. The molecule has 0 aliphatic carbocycles. The molecule has 1 heterocycles. The Hall–Kier alpha value is -2.91. The second kappa shape index (κ2) is 8.85. The zero-order valence-corrected chi connectivity index (χ0v) is 18.3. The van der Waals surface area contributed by atoms with Crippen molar-refractivity contribution in [3.8, 4) is 11.4 Å². The first-order chi connectivity index (χ1) is 14.2. The van der Waals surface area contributed by atoms with Gasteiger partial charge in [-0.15, -0.1) is 0 Å². The summed E-state index contributed by atoms with van der Waals surface area (Å²) in [5.74, 6) is 0.224. The number of benzene rings is 2. The number of likely N-dealkylation sites (N-methyl/N-ethyl adjacent to an activating group) is 1. The van der Waals surface area contributed by atoms with E-state index in [1.807, 2.05) is 30.3 Å². The number of carbonyl (C=O) groups is 1. The molecule has 3 rings (SSSR count). The number of nitrogens with zero attached hydrogens (tertiary/aromatic N) is 4. The summed E-state index contributed by atoms with van der Waals surface area (Å²) in [5.41, 5.74) is 1.10. The van der Waals surface area contributed by atoms with Gasteiger partial charge < -0.3 is 9.42 Å². The predicted octanol–water partition coefficient (Wildman–Crippen LogP) is 3.20.